The summed E-state index contributed by atoms with van der Waals surface area (Å²) in [5, 5.41) is 3.71. The van der Waals surface area contributed by atoms with Gasteiger partial charge in [-0.2, -0.15) is 0 Å². The average Bonchev–Trinajstić information content (AvgIpc) is 2.24. The molecule has 0 bridgehead atoms. The van der Waals surface area contributed by atoms with Crippen molar-refractivity contribution in [2.75, 3.05) is 19.1 Å². The molecule has 1 N–H and O–H groups in total. The third kappa shape index (κ3) is 5.02. The Morgan fingerprint density at radius 1 is 1.53 bits per heavy atom. The van der Waals surface area contributed by atoms with E-state index < -0.39 is 9.84 Å². The summed E-state index contributed by atoms with van der Waals surface area (Å²) in [4.78, 5) is 4.22. The Hall–Kier alpha value is -0.650. The summed E-state index contributed by atoms with van der Waals surface area (Å²) >= 11 is 6.05. The molecule has 0 aromatic carbocycles. The first kappa shape index (κ1) is 14.4. The molecule has 0 fully saturated rings. The summed E-state index contributed by atoms with van der Waals surface area (Å²) < 4.78 is 22.1. The molecule has 1 heterocycles. The van der Waals surface area contributed by atoms with Gasteiger partial charge >= 0.3 is 0 Å². The number of aromatic nitrogens is 1. The lowest BCUT2D eigenvalue weighted by Crippen LogP contribution is -2.19. The van der Waals surface area contributed by atoms with Gasteiger partial charge in [-0.05, 0) is 32.0 Å². The summed E-state index contributed by atoms with van der Waals surface area (Å²) in [7, 11) is -1.09. The van der Waals surface area contributed by atoms with Gasteiger partial charge in [-0.25, -0.2) is 8.42 Å². The molecular formula is C11H17ClN2O2S. The number of halogens is 1. The van der Waals surface area contributed by atoms with E-state index in [9.17, 15) is 8.42 Å². The Bertz CT molecular complexity index is 462. The summed E-state index contributed by atoms with van der Waals surface area (Å²) in [6, 6.07) is 3.55. The molecule has 0 aliphatic heterocycles. The largest absolute Gasteiger partial charge is 0.312 e. The molecule has 1 rings (SSSR count). The third-order valence-corrected chi connectivity index (χ3v) is 3.82. The van der Waals surface area contributed by atoms with E-state index in [0.29, 0.717) is 17.9 Å². The van der Waals surface area contributed by atoms with Gasteiger partial charge in [0.25, 0.3) is 0 Å². The molecule has 1 aromatic heterocycles. The summed E-state index contributed by atoms with van der Waals surface area (Å²) in [5.41, 5.74) is 0.769. The summed E-state index contributed by atoms with van der Waals surface area (Å²) in [6.07, 6.45) is 4.22. The second-order valence-corrected chi connectivity index (χ2v) is 6.65. The van der Waals surface area contributed by atoms with Crippen LogP contribution in [-0.2, 0) is 9.84 Å². The molecule has 0 saturated heterocycles. The first-order valence-electron chi connectivity index (χ1n) is 5.39. The van der Waals surface area contributed by atoms with E-state index in [4.69, 9.17) is 11.6 Å². The number of pyridine rings is 1. The number of hydrogen-bond acceptors (Lipinski definition) is 4. The Kier molecular flexibility index (Phi) is 5.36. The predicted molar refractivity (Wildman–Crippen MR) is 70.0 cm³/mol. The molecule has 1 atom stereocenters. The third-order valence-electron chi connectivity index (χ3n) is 2.47. The van der Waals surface area contributed by atoms with Crippen molar-refractivity contribution in [1.82, 2.24) is 10.3 Å². The molecule has 0 saturated carbocycles. The molecule has 0 aliphatic carbocycles. The van der Waals surface area contributed by atoms with Crippen LogP contribution in [0.2, 0.25) is 5.02 Å². The minimum absolute atomic E-state index is 0.00884. The molecule has 1 aromatic rings. The highest BCUT2D eigenvalue weighted by Crippen LogP contribution is 2.23. The number of hydrogen-bond donors (Lipinski definition) is 1. The van der Waals surface area contributed by atoms with E-state index in [0.717, 1.165) is 5.69 Å². The van der Waals surface area contributed by atoms with Crippen molar-refractivity contribution in [3.05, 3.63) is 29.0 Å². The second kappa shape index (κ2) is 6.33. The fourth-order valence-corrected chi connectivity index (χ4v) is 2.57. The highest BCUT2D eigenvalue weighted by atomic mass is 35.5. The predicted octanol–water partition coefficient (Wildman–Crippen LogP) is 1.82. The Morgan fingerprint density at radius 2 is 2.24 bits per heavy atom. The van der Waals surface area contributed by atoms with Gasteiger partial charge in [0.1, 0.15) is 9.84 Å². The van der Waals surface area contributed by atoms with Crippen molar-refractivity contribution < 1.29 is 8.42 Å². The highest BCUT2D eigenvalue weighted by molar-refractivity contribution is 7.90. The van der Waals surface area contributed by atoms with Gasteiger partial charge in [0, 0.05) is 18.2 Å². The Morgan fingerprint density at radius 3 is 2.76 bits per heavy atom. The zero-order valence-corrected chi connectivity index (χ0v) is 11.6. The van der Waals surface area contributed by atoms with E-state index in [2.05, 4.69) is 10.3 Å². The Balaban J connectivity index is 2.64. The SMILES string of the molecule is CNC(CCCS(C)(=O)=O)c1ncccc1Cl. The maximum atomic E-state index is 11.0. The average molecular weight is 277 g/mol. The number of sulfone groups is 1. The van der Waals surface area contributed by atoms with Gasteiger partial charge in [-0.15, -0.1) is 0 Å². The van der Waals surface area contributed by atoms with Gasteiger partial charge in [0.2, 0.25) is 0 Å². The lowest BCUT2D eigenvalue weighted by atomic mass is 10.1. The van der Waals surface area contributed by atoms with Crippen molar-refractivity contribution in [1.29, 1.82) is 0 Å². The van der Waals surface area contributed by atoms with Crippen LogP contribution in [0.15, 0.2) is 18.3 Å². The van der Waals surface area contributed by atoms with Crippen LogP contribution in [0.4, 0.5) is 0 Å². The molecule has 0 radical (unpaired) electrons. The molecule has 0 aliphatic rings. The van der Waals surface area contributed by atoms with E-state index in [1.54, 1.807) is 18.3 Å². The lowest BCUT2D eigenvalue weighted by Gasteiger charge is -2.16. The van der Waals surface area contributed by atoms with Gasteiger partial charge < -0.3 is 5.32 Å². The van der Waals surface area contributed by atoms with Gasteiger partial charge in [-0.3, -0.25) is 4.98 Å². The monoisotopic (exact) mass is 276 g/mol. The normalized spacial score (nSPS) is 13.6. The van der Waals surface area contributed by atoms with Crippen molar-refractivity contribution >= 4 is 21.4 Å². The number of rotatable bonds is 6. The minimum atomic E-state index is -2.90. The van der Waals surface area contributed by atoms with Gasteiger partial charge in [-0.1, -0.05) is 11.6 Å². The van der Waals surface area contributed by atoms with Crippen LogP contribution in [0.3, 0.4) is 0 Å². The van der Waals surface area contributed by atoms with Gasteiger partial charge in [0.15, 0.2) is 0 Å². The Labute approximate surface area is 107 Å². The maximum absolute atomic E-state index is 11.0. The van der Waals surface area contributed by atoms with E-state index in [1.807, 2.05) is 7.05 Å². The number of nitrogens with one attached hydrogen (secondary N) is 1. The van der Waals surface area contributed by atoms with E-state index in [1.165, 1.54) is 6.26 Å². The quantitative estimate of drug-likeness (QED) is 0.861. The van der Waals surface area contributed by atoms with Crippen LogP contribution >= 0.6 is 11.6 Å². The number of nitrogens with zero attached hydrogens (tertiary/aromatic N) is 1. The van der Waals surface area contributed by atoms with Crippen LogP contribution in [-0.4, -0.2) is 32.5 Å². The fourth-order valence-electron chi connectivity index (χ4n) is 1.62. The van der Waals surface area contributed by atoms with Crippen LogP contribution in [0, 0.1) is 0 Å². The van der Waals surface area contributed by atoms with Crippen molar-refractivity contribution in [2.45, 2.75) is 18.9 Å². The van der Waals surface area contributed by atoms with Crippen LogP contribution < -0.4 is 5.32 Å². The van der Waals surface area contributed by atoms with Crippen LogP contribution in [0.5, 0.6) is 0 Å². The van der Waals surface area contributed by atoms with Crippen LogP contribution in [0.1, 0.15) is 24.6 Å². The standard InChI is InChI=1S/C11H17ClN2O2S/c1-13-10(6-4-8-17(2,15)16)11-9(12)5-3-7-14-11/h3,5,7,10,13H,4,6,8H2,1-2H3. The highest BCUT2D eigenvalue weighted by Gasteiger charge is 2.14. The molecule has 6 heteroatoms. The topological polar surface area (TPSA) is 59.1 Å². The smallest absolute Gasteiger partial charge is 0.147 e. The van der Waals surface area contributed by atoms with Crippen molar-refractivity contribution in [3.8, 4) is 0 Å². The lowest BCUT2D eigenvalue weighted by molar-refractivity contribution is 0.525. The molecule has 0 spiro atoms. The molecule has 17 heavy (non-hydrogen) atoms. The van der Waals surface area contributed by atoms with E-state index in [-0.39, 0.29) is 11.8 Å². The second-order valence-electron chi connectivity index (χ2n) is 3.98. The molecule has 1 unspecified atom stereocenters. The zero-order valence-electron chi connectivity index (χ0n) is 9.98. The van der Waals surface area contributed by atoms with Gasteiger partial charge in [0.05, 0.1) is 16.8 Å². The molecule has 0 amide bonds. The molecule has 4 nitrogen and oxygen atoms in total. The molecule has 96 valence electrons. The minimum Gasteiger partial charge on any atom is -0.312 e. The van der Waals surface area contributed by atoms with Crippen LogP contribution in [0.25, 0.3) is 0 Å². The zero-order chi connectivity index (χ0) is 12.9. The molecular weight excluding hydrogens is 260 g/mol. The fraction of sp³-hybridized carbons (Fsp3) is 0.545. The first-order valence-corrected chi connectivity index (χ1v) is 7.83. The van der Waals surface area contributed by atoms with Crippen molar-refractivity contribution in [3.63, 3.8) is 0 Å². The summed E-state index contributed by atoms with van der Waals surface area (Å²) in [6.45, 7) is 0. The maximum Gasteiger partial charge on any atom is 0.147 e. The van der Waals surface area contributed by atoms with Crippen molar-refractivity contribution in [2.24, 2.45) is 0 Å². The first-order chi connectivity index (χ1) is 7.94. The van der Waals surface area contributed by atoms with E-state index >= 15 is 0 Å². The summed E-state index contributed by atoms with van der Waals surface area (Å²) in [5.74, 6) is 0.190.